The normalized spacial score (nSPS) is 11.2. The minimum Gasteiger partial charge on any atom is -0.506 e. The number of fused-ring (bicyclic) bond motifs is 3. The van der Waals surface area contributed by atoms with Crippen LogP contribution in [0.4, 0.5) is 11.4 Å². The van der Waals surface area contributed by atoms with Gasteiger partial charge in [0.25, 0.3) is 0 Å². The van der Waals surface area contributed by atoms with Crippen molar-refractivity contribution in [2.24, 2.45) is 0 Å². The molecule has 0 aliphatic carbocycles. The molecule has 0 unspecified atom stereocenters. The number of anilines is 2. The molecule has 11 nitrogen and oxygen atoms in total. The first-order valence-electron chi connectivity index (χ1n) is 31.1. The molecular formula is C78H70Br2I2N2O9. The Morgan fingerprint density at radius 1 is 0.376 bits per heavy atom. The summed E-state index contributed by atoms with van der Waals surface area (Å²) in [6.07, 6.45) is 10.9. The van der Waals surface area contributed by atoms with Crippen molar-refractivity contribution in [2.75, 3.05) is 11.5 Å². The molecule has 0 saturated heterocycles. The zero-order chi connectivity index (χ0) is 65.9. The van der Waals surface area contributed by atoms with Crippen molar-refractivity contribution in [1.82, 2.24) is 0 Å². The van der Waals surface area contributed by atoms with Gasteiger partial charge in [-0.05, 0) is 223 Å². The first-order valence-corrected chi connectivity index (χ1v) is 34.8. The molecular weight excluding hydrogens is 1520 g/mol. The molecule has 474 valence electrons. The summed E-state index contributed by atoms with van der Waals surface area (Å²) in [4.78, 5) is 40.0. The van der Waals surface area contributed by atoms with Crippen LogP contribution in [0.15, 0.2) is 204 Å². The smallest absolute Gasteiger partial charge is 0.197 e. The van der Waals surface area contributed by atoms with E-state index in [1.807, 2.05) is 63.2 Å². The molecule has 0 fully saturated rings. The van der Waals surface area contributed by atoms with Gasteiger partial charge >= 0.3 is 0 Å². The van der Waals surface area contributed by atoms with Crippen LogP contribution < -0.4 is 11.5 Å². The molecule has 0 atom stereocenters. The van der Waals surface area contributed by atoms with Crippen LogP contribution in [-0.2, 0) is 57.8 Å². The summed E-state index contributed by atoms with van der Waals surface area (Å²) in [6.45, 7) is 5.94. The van der Waals surface area contributed by atoms with Gasteiger partial charge in [0.05, 0.1) is 44.2 Å². The van der Waals surface area contributed by atoms with E-state index in [9.17, 15) is 29.7 Å². The highest BCUT2D eigenvalue weighted by molar-refractivity contribution is 14.1. The number of hydrogen-bond donors (Lipinski definition) is 5. The molecule has 0 saturated carbocycles. The number of phenolic OH excluding ortho intramolecular Hbond substituents is 3. The summed E-state index contributed by atoms with van der Waals surface area (Å²) in [5.74, 6) is 1.70. The summed E-state index contributed by atoms with van der Waals surface area (Å²) in [6, 6.07) is 59.4. The third kappa shape index (κ3) is 16.2. The summed E-state index contributed by atoms with van der Waals surface area (Å²) < 4.78 is 20.5. The molecule has 0 amide bonds. The predicted octanol–water partition coefficient (Wildman–Crippen LogP) is 20.2. The Morgan fingerprint density at radius 3 is 0.978 bits per heavy atom. The van der Waals surface area contributed by atoms with Gasteiger partial charge in [-0.2, -0.15) is 0 Å². The van der Waals surface area contributed by atoms with Crippen molar-refractivity contribution in [2.45, 2.75) is 97.8 Å². The van der Waals surface area contributed by atoms with E-state index in [0.717, 1.165) is 85.1 Å². The number of aromatic hydroxyl groups is 3. The van der Waals surface area contributed by atoms with Gasteiger partial charge in [-0.1, -0.05) is 148 Å². The zero-order valence-corrected chi connectivity index (χ0v) is 59.3. The average molecular weight is 1590 g/mol. The summed E-state index contributed by atoms with van der Waals surface area (Å²) in [5.41, 5.74) is 24.7. The average Bonchev–Trinajstić information content (AvgIpc) is 1.68. The first-order chi connectivity index (χ1) is 44.9. The van der Waals surface area contributed by atoms with Crippen LogP contribution in [0.5, 0.6) is 17.2 Å². The van der Waals surface area contributed by atoms with E-state index in [2.05, 4.69) is 180 Å². The number of furan rings is 3. The van der Waals surface area contributed by atoms with Gasteiger partial charge in [0.15, 0.2) is 23.1 Å². The number of benzene rings is 9. The molecule has 3 aromatic heterocycles. The number of ketones is 3. The maximum atomic E-state index is 13.4. The number of nitrogen functional groups attached to an aromatic ring is 2. The van der Waals surface area contributed by atoms with E-state index >= 15 is 0 Å². The lowest BCUT2D eigenvalue weighted by atomic mass is 9.97. The number of hydrogen-bond acceptors (Lipinski definition) is 11. The molecule has 0 radical (unpaired) electrons. The van der Waals surface area contributed by atoms with Crippen LogP contribution in [-0.4, -0.2) is 32.7 Å². The van der Waals surface area contributed by atoms with Crippen molar-refractivity contribution >= 4 is 139 Å². The van der Waals surface area contributed by atoms with Gasteiger partial charge in [0.2, 0.25) is 0 Å². The highest BCUT2D eigenvalue weighted by Crippen LogP contribution is 2.39. The number of halogens is 4. The lowest BCUT2D eigenvalue weighted by Crippen LogP contribution is -2.06. The fourth-order valence-electron chi connectivity index (χ4n) is 11.6. The van der Waals surface area contributed by atoms with Crippen molar-refractivity contribution < 1.29 is 43.0 Å². The second-order valence-corrected chi connectivity index (χ2v) is 26.9. The molecule has 12 rings (SSSR count). The van der Waals surface area contributed by atoms with E-state index in [1.54, 1.807) is 24.3 Å². The fraction of sp³-hybridized carbons (Fsp3) is 0.192. The van der Waals surface area contributed by atoms with E-state index in [1.165, 1.54) is 45.5 Å². The van der Waals surface area contributed by atoms with Gasteiger partial charge < -0.3 is 40.0 Å². The number of aryl methyl sites for hydroxylation is 9. The summed E-state index contributed by atoms with van der Waals surface area (Å²) in [5, 5.41) is 32.3. The molecule has 0 spiro atoms. The Labute approximate surface area is 585 Å². The monoisotopic (exact) mass is 1590 g/mol. The lowest BCUT2D eigenvalue weighted by molar-refractivity contribution is 0.103. The molecule has 7 N–H and O–H groups in total. The molecule has 9 aromatic carbocycles. The van der Waals surface area contributed by atoms with E-state index in [4.69, 9.17) is 24.7 Å². The minimum absolute atomic E-state index is 0.0664. The van der Waals surface area contributed by atoms with Crippen molar-refractivity contribution in [3.8, 4) is 17.2 Å². The van der Waals surface area contributed by atoms with Crippen molar-refractivity contribution in [3.63, 3.8) is 0 Å². The largest absolute Gasteiger partial charge is 0.506 e. The van der Waals surface area contributed by atoms with Crippen LogP contribution in [0.1, 0.15) is 138 Å². The van der Waals surface area contributed by atoms with Crippen molar-refractivity contribution in [3.05, 3.63) is 282 Å². The van der Waals surface area contributed by atoms with Gasteiger partial charge in [-0.25, -0.2) is 0 Å². The fourth-order valence-corrected chi connectivity index (χ4v) is 14.6. The Balaban J connectivity index is 0.000000153. The van der Waals surface area contributed by atoms with Crippen molar-refractivity contribution in [1.29, 1.82) is 0 Å². The lowest BCUT2D eigenvalue weighted by Gasteiger charge is -2.07. The highest BCUT2D eigenvalue weighted by Gasteiger charge is 2.26. The molecule has 12 aromatic rings. The van der Waals surface area contributed by atoms with Gasteiger partial charge in [-0.3, -0.25) is 14.4 Å². The molecule has 0 bridgehead atoms. The van der Waals surface area contributed by atoms with E-state index < -0.39 is 0 Å². The van der Waals surface area contributed by atoms with Crippen LogP contribution in [0, 0.1) is 7.14 Å². The molecule has 3 heterocycles. The topological polar surface area (TPSA) is 203 Å². The minimum atomic E-state index is -0.217. The summed E-state index contributed by atoms with van der Waals surface area (Å²) in [7, 11) is 0. The number of carbonyl (C=O) groups is 3. The SMILES string of the molecule is CCc1oc2cc(CCCc3ccccc3)ccc2c1C(=O)c1cc(Br)c(O)c(Br)c1.CCc1oc2cc(CCCc3ccccc3)ccc2c1C(=O)c1cc(I)c(O)c(I)c1.CCc1oc2cc(CCCc3ccccc3)ccc2c1C(=O)c1cc(N)c(O)c(N)c1. The molecule has 93 heavy (non-hydrogen) atoms. The van der Waals surface area contributed by atoms with E-state index in [-0.39, 0.29) is 46.0 Å². The number of phenols is 3. The van der Waals surface area contributed by atoms with E-state index in [0.29, 0.717) is 91.6 Å². The Bertz CT molecular complexity index is 4140. The molecule has 15 heteroatoms. The Kier molecular flexibility index (Phi) is 22.9. The van der Waals surface area contributed by atoms with Crippen LogP contribution in [0.2, 0.25) is 0 Å². The molecule has 0 aliphatic rings. The quantitative estimate of drug-likeness (QED) is 0.0198. The maximum absolute atomic E-state index is 13.4. The first kappa shape index (κ1) is 67.9. The number of nitrogens with two attached hydrogens (primary N) is 2. The zero-order valence-electron chi connectivity index (χ0n) is 51.8. The van der Waals surface area contributed by atoms with Crippen LogP contribution in [0.25, 0.3) is 32.9 Å². The van der Waals surface area contributed by atoms with Gasteiger partial charge in [0.1, 0.15) is 45.5 Å². The number of rotatable bonds is 21. The third-order valence-corrected chi connectivity index (χ3v) is 19.3. The maximum Gasteiger partial charge on any atom is 0.197 e. The second kappa shape index (κ2) is 31.3. The van der Waals surface area contributed by atoms with Crippen LogP contribution >= 0.6 is 77.0 Å². The van der Waals surface area contributed by atoms with Crippen LogP contribution in [0.3, 0.4) is 0 Å². The molecule has 0 aliphatic heterocycles. The standard InChI is InChI=1S/C26H22Br2O3.C26H22I2O3.C26H26N2O3/c3*1-2-22-24(25(29)18-14-20(27)26(30)21(28)15-18)19-12-11-17(13-23(19)31-22)10-6-9-16-7-4-3-5-8-16/h2*3-5,7-8,11-15,30H,2,6,9-10H2,1H3;3-5,7-8,11-15,30H,2,6,9-10,27-28H2,1H3. The van der Waals surface area contributed by atoms with Gasteiger partial charge in [-0.15, -0.1) is 0 Å². The number of carbonyl (C=O) groups excluding carboxylic acids is 3. The second-order valence-electron chi connectivity index (χ2n) is 22.8. The predicted molar refractivity (Wildman–Crippen MR) is 396 cm³/mol. The van der Waals surface area contributed by atoms with Gasteiger partial charge in [0, 0.05) is 52.1 Å². The highest BCUT2D eigenvalue weighted by atomic mass is 127. The third-order valence-electron chi connectivity index (χ3n) is 16.4. The Morgan fingerprint density at radius 2 is 0.667 bits per heavy atom. The summed E-state index contributed by atoms with van der Waals surface area (Å²) >= 11 is 10.7. The Hall–Kier alpha value is -7.97.